The van der Waals surface area contributed by atoms with Crippen molar-refractivity contribution < 1.29 is 13.6 Å². The summed E-state index contributed by atoms with van der Waals surface area (Å²) in [6, 6.07) is 12.2. The molecule has 132 valence electrons. The number of amides is 1. The Morgan fingerprint density at radius 3 is 2.58 bits per heavy atom. The standard InChI is InChI=1S/C19H14ClF2N3O/c20-16-4-2-1-3-12(16)10-24-15-7-13(9-23-11-15)19(26)25-14-5-6-17(21)18(22)8-14/h1-9,11,24H,10H2,(H,25,26). The molecule has 1 amide bonds. The minimum absolute atomic E-state index is 0.156. The van der Waals surface area contributed by atoms with Gasteiger partial charge in [-0.3, -0.25) is 9.78 Å². The van der Waals surface area contributed by atoms with Gasteiger partial charge < -0.3 is 10.6 Å². The van der Waals surface area contributed by atoms with Crippen molar-refractivity contribution in [3.05, 3.63) is 88.7 Å². The third-order valence-electron chi connectivity index (χ3n) is 3.62. The van der Waals surface area contributed by atoms with Gasteiger partial charge in [-0.25, -0.2) is 8.78 Å². The number of hydrogen-bond acceptors (Lipinski definition) is 3. The monoisotopic (exact) mass is 373 g/mol. The van der Waals surface area contributed by atoms with Crippen LogP contribution in [-0.4, -0.2) is 10.9 Å². The second-order valence-electron chi connectivity index (χ2n) is 5.49. The smallest absolute Gasteiger partial charge is 0.257 e. The summed E-state index contributed by atoms with van der Waals surface area (Å²) in [5.41, 5.74) is 1.97. The quantitative estimate of drug-likeness (QED) is 0.670. The number of rotatable bonds is 5. The zero-order valence-electron chi connectivity index (χ0n) is 13.5. The van der Waals surface area contributed by atoms with Crippen molar-refractivity contribution in [2.24, 2.45) is 0 Å². The van der Waals surface area contributed by atoms with Crippen LogP contribution in [0.3, 0.4) is 0 Å². The summed E-state index contributed by atoms with van der Waals surface area (Å²) in [4.78, 5) is 16.3. The minimum Gasteiger partial charge on any atom is -0.380 e. The van der Waals surface area contributed by atoms with Gasteiger partial charge in [0, 0.05) is 35.7 Å². The number of hydrogen-bond donors (Lipinski definition) is 2. The van der Waals surface area contributed by atoms with Crippen LogP contribution in [0, 0.1) is 11.6 Å². The molecule has 0 aliphatic heterocycles. The van der Waals surface area contributed by atoms with Crippen LogP contribution in [0.4, 0.5) is 20.2 Å². The molecule has 2 N–H and O–H groups in total. The highest BCUT2D eigenvalue weighted by molar-refractivity contribution is 6.31. The van der Waals surface area contributed by atoms with E-state index in [1.165, 1.54) is 12.3 Å². The lowest BCUT2D eigenvalue weighted by Crippen LogP contribution is -2.13. The van der Waals surface area contributed by atoms with Crippen LogP contribution in [0.5, 0.6) is 0 Å². The molecule has 0 spiro atoms. The van der Waals surface area contributed by atoms with Crippen molar-refractivity contribution in [2.75, 3.05) is 10.6 Å². The Morgan fingerprint density at radius 1 is 1.00 bits per heavy atom. The van der Waals surface area contributed by atoms with E-state index in [1.54, 1.807) is 18.3 Å². The summed E-state index contributed by atoms with van der Waals surface area (Å²) in [6.07, 6.45) is 2.96. The van der Waals surface area contributed by atoms with Crippen molar-refractivity contribution in [3.8, 4) is 0 Å². The second kappa shape index (κ2) is 7.93. The Balaban J connectivity index is 1.69. The van der Waals surface area contributed by atoms with Gasteiger partial charge in [-0.05, 0) is 29.8 Å². The first-order chi connectivity index (χ1) is 12.5. The van der Waals surface area contributed by atoms with Crippen molar-refractivity contribution in [3.63, 3.8) is 0 Å². The summed E-state index contributed by atoms with van der Waals surface area (Å²) < 4.78 is 26.2. The van der Waals surface area contributed by atoms with Gasteiger partial charge in [0.2, 0.25) is 0 Å². The molecule has 7 heteroatoms. The van der Waals surface area contributed by atoms with E-state index in [9.17, 15) is 13.6 Å². The Morgan fingerprint density at radius 2 is 1.81 bits per heavy atom. The normalized spacial score (nSPS) is 10.4. The van der Waals surface area contributed by atoms with Gasteiger partial charge in [0.1, 0.15) is 0 Å². The van der Waals surface area contributed by atoms with Crippen molar-refractivity contribution in [1.82, 2.24) is 4.98 Å². The van der Waals surface area contributed by atoms with Gasteiger partial charge in [0.25, 0.3) is 5.91 Å². The molecule has 0 radical (unpaired) electrons. The fourth-order valence-corrected chi connectivity index (χ4v) is 2.48. The van der Waals surface area contributed by atoms with Crippen molar-refractivity contribution in [2.45, 2.75) is 6.54 Å². The minimum atomic E-state index is -1.03. The molecule has 26 heavy (non-hydrogen) atoms. The molecule has 2 aromatic carbocycles. The molecule has 0 atom stereocenters. The fourth-order valence-electron chi connectivity index (χ4n) is 2.28. The van der Waals surface area contributed by atoms with Crippen LogP contribution < -0.4 is 10.6 Å². The van der Waals surface area contributed by atoms with E-state index < -0.39 is 17.5 Å². The molecule has 0 bridgehead atoms. The largest absolute Gasteiger partial charge is 0.380 e. The van der Waals surface area contributed by atoms with Gasteiger partial charge in [0.15, 0.2) is 11.6 Å². The first-order valence-corrected chi connectivity index (χ1v) is 8.09. The van der Waals surface area contributed by atoms with Gasteiger partial charge in [0.05, 0.1) is 11.3 Å². The van der Waals surface area contributed by atoms with E-state index >= 15 is 0 Å². The van der Waals surface area contributed by atoms with E-state index in [0.29, 0.717) is 17.3 Å². The molecule has 0 saturated heterocycles. The maximum absolute atomic E-state index is 13.2. The Labute approximate surface area is 153 Å². The first-order valence-electron chi connectivity index (χ1n) is 7.71. The third kappa shape index (κ3) is 4.34. The highest BCUT2D eigenvalue weighted by atomic mass is 35.5. The molecule has 3 rings (SSSR count). The molecular weight excluding hydrogens is 360 g/mol. The van der Waals surface area contributed by atoms with Crippen LogP contribution in [0.1, 0.15) is 15.9 Å². The number of nitrogens with one attached hydrogen (secondary N) is 2. The van der Waals surface area contributed by atoms with Gasteiger partial charge in [-0.1, -0.05) is 29.8 Å². The Kier molecular flexibility index (Phi) is 5.43. The van der Waals surface area contributed by atoms with Gasteiger partial charge in [-0.2, -0.15) is 0 Å². The fraction of sp³-hybridized carbons (Fsp3) is 0.0526. The molecular formula is C19H14ClF2N3O. The maximum Gasteiger partial charge on any atom is 0.257 e. The summed E-state index contributed by atoms with van der Waals surface area (Å²) in [5, 5.41) is 6.28. The molecule has 0 aliphatic carbocycles. The lowest BCUT2D eigenvalue weighted by Gasteiger charge is -2.10. The van der Waals surface area contributed by atoms with E-state index in [0.717, 1.165) is 17.7 Å². The number of carbonyl (C=O) groups excluding carboxylic acids is 1. The highest BCUT2D eigenvalue weighted by Gasteiger charge is 2.10. The van der Waals surface area contributed by atoms with Gasteiger partial charge in [-0.15, -0.1) is 0 Å². The molecule has 1 heterocycles. The summed E-state index contributed by atoms with van der Waals surface area (Å²) in [5.74, 6) is -2.49. The number of halogens is 3. The SMILES string of the molecule is O=C(Nc1ccc(F)c(F)c1)c1cncc(NCc2ccccc2Cl)c1. The third-order valence-corrected chi connectivity index (χ3v) is 3.99. The van der Waals surface area contributed by atoms with Crippen LogP contribution in [0.25, 0.3) is 0 Å². The molecule has 0 unspecified atom stereocenters. The van der Waals surface area contributed by atoms with E-state index in [-0.39, 0.29) is 11.3 Å². The van der Waals surface area contributed by atoms with E-state index in [4.69, 9.17) is 11.6 Å². The highest BCUT2D eigenvalue weighted by Crippen LogP contribution is 2.18. The van der Waals surface area contributed by atoms with Gasteiger partial charge >= 0.3 is 0 Å². The molecule has 4 nitrogen and oxygen atoms in total. The lowest BCUT2D eigenvalue weighted by atomic mass is 10.2. The van der Waals surface area contributed by atoms with Crippen LogP contribution in [-0.2, 0) is 6.54 Å². The van der Waals surface area contributed by atoms with Crippen molar-refractivity contribution >= 4 is 28.9 Å². The summed E-state index contributed by atoms with van der Waals surface area (Å²) in [7, 11) is 0. The number of benzene rings is 2. The number of carbonyl (C=O) groups is 1. The zero-order valence-corrected chi connectivity index (χ0v) is 14.2. The van der Waals surface area contributed by atoms with E-state index in [2.05, 4.69) is 15.6 Å². The number of nitrogens with zero attached hydrogens (tertiary/aromatic N) is 1. The topological polar surface area (TPSA) is 54.0 Å². The molecule has 3 aromatic rings. The molecule has 1 aromatic heterocycles. The maximum atomic E-state index is 13.2. The lowest BCUT2D eigenvalue weighted by molar-refractivity contribution is 0.102. The Bertz CT molecular complexity index is 950. The molecule has 0 saturated carbocycles. The first kappa shape index (κ1) is 17.8. The van der Waals surface area contributed by atoms with Crippen LogP contribution >= 0.6 is 11.6 Å². The average molecular weight is 374 g/mol. The number of anilines is 2. The number of aromatic nitrogens is 1. The second-order valence-corrected chi connectivity index (χ2v) is 5.90. The number of pyridine rings is 1. The summed E-state index contributed by atoms with van der Waals surface area (Å²) in [6.45, 7) is 0.468. The average Bonchev–Trinajstić information content (AvgIpc) is 2.64. The van der Waals surface area contributed by atoms with E-state index in [1.807, 2.05) is 18.2 Å². The summed E-state index contributed by atoms with van der Waals surface area (Å²) >= 11 is 6.11. The molecule has 0 fully saturated rings. The predicted molar refractivity (Wildman–Crippen MR) is 97.3 cm³/mol. The molecule has 0 aliphatic rings. The van der Waals surface area contributed by atoms with Crippen molar-refractivity contribution in [1.29, 1.82) is 0 Å². The zero-order chi connectivity index (χ0) is 18.5. The Hall–Kier alpha value is -2.99. The predicted octanol–water partition coefficient (Wildman–Crippen LogP) is 4.88. The van der Waals surface area contributed by atoms with Crippen LogP contribution in [0.2, 0.25) is 5.02 Å². The van der Waals surface area contributed by atoms with Crippen LogP contribution in [0.15, 0.2) is 60.9 Å².